The number of carbonyl (C=O) groups is 1. The molecular weight excluding hydrogens is 256 g/mol. The summed E-state index contributed by atoms with van der Waals surface area (Å²) in [5, 5.41) is 12.5. The number of hydrogen-bond acceptors (Lipinski definition) is 4. The Kier molecular flexibility index (Phi) is 6.92. The number of rotatable bonds is 11. The fourth-order valence-corrected chi connectivity index (χ4v) is 2.63. The molecule has 5 heteroatoms. The van der Waals surface area contributed by atoms with Gasteiger partial charge in [-0.2, -0.15) is 0 Å². The van der Waals surface area contributed by atoms with E-state index in [1.54, 1.807) is 14.0 Å². The summed E-state index contributed by atoms with van der Waals surface area (Å²) < 4.78 is 5.18. The van der Waals surface area contributed by atoms with Gasteiger partial charge < -0.3 is 15.2 Å². The van der Waals surface area contributed by atoms with Crippen LogP contribution in [0, 0.1) is 5.92 Å². The van der Waals surface area contributed by atoms with Crippen LogP contribution in [0.15, 0.2) is 0 Å². The fraction of sp³-hybridized carbons (Fsp3) is 0.933. The zero-order valence-corrected chi connectivity index (χ0v) is 13.3. The second-order valence-electron chi connectivity index (χ2n) is 6.02. The topological polar surface area (TPSA) is 61.8 Å². The molecule has 1 saturated carbocycles. The van der Waals surface area contributed by atoms with Gasteiger partial charge in [-0.15, -0.1) is 0 Å². The van der Waals surface area contributed by atoms with Crippen LogP contribution in [-0.2, 0) is 9.53 Å². The first-order valence-electron chi connectivity index (χ1n) is 7.66. The molecule has 0 saturated heterocycles. The van der Waals surface area contributed by atoms with Crippen molar-refractivity contribution in [2.75, 3.05) is 33.4 Å². The maximum absolute atomic E-state index is 11.4. The highest BCUT2D eigenvalue weighted by Crippen LogP contribution is 2.35. The van der Waals surface area contributed by atoms with Crippen molar-refractivity contribution in [1.29, 1.82) is 0 Å². The van der Waals surface area contributed by atoms with Gasteiger partial charge >= 0.3 is 5.97 Å². The van der Waals surface area contributed by atoms with Gasteiger partial charge in [0.1, 0.15) is 5.54 Å². The van der Waals surface area contributed by atoms with Crippen molar-refractivity contribution < 1.29 is 14.6 Å². The normalized spacial score (nSPS) is 19.9. The van der Waals surface area contributed by atoms with E-state index in [2.05, 4.69) is 17.1 Å². The van der Waals surface area contributed by atoms with Crippen LogP contribution in [0.3, 0.4) is 0 Å². The molecule has 5 nitrogen and oxygen atoms in total. The largest absolute Gasteiger partial charge is 0.480 e. The van der Waals surface area contributed by atoms with Gasteiger partial charge in [-0.25, -0.2) is 0 Å². The Morgan fingerprint density at radius 3 is 2.60 bits per heavy atom. The van der Waals surface area contributed by atoms with Crippen LogP contribution in [0.25, 0.3) is 0 Å². The SMILES string of the molecule is CCNC(C)(CCN(CCOC)C(C)C1CC1)C(=O)O. The monoisotopic (exact) mass is 286 g/mol. The molecule has 0 heterocycles. The molecule has 0 aromatic rings. The van der Waals surface area contributed by atoms with E-state index >= 15 is 0 Å². The Balaban J connectivity index is 2.56. The van der Waals surface area contributed by atoms with E-state index in [9.17, 15) is 9.90 Å². The molecule has 0 amide bonds. The van der Waals surface area contributed by atoms with Gasteiger partial charge in [0.15, 0.2) is 0 Å². The predicted octanol–water partition coefficient (Wildman–Crippen LogP) is 1.58. The van der Waals surface area contributed by atoms with Gasteiger partial charge in [0.05, 0.1) is 6.61 Å². The zero-order valence-electron chi connectivity index (χ0n) is 13.3. The first kappa shape index (κ1) is 17.4. The Hall–Kier alpha value is -0.650. The van der Waals surface area contributed by atoms with Gasteiger partial charge in [-0.1, -0.05) is 6.92 Å². The zero-order chi connectivity index (χ0) is 15.2. The van der Waals surface area contributed by atoms with Crippen LogP contribution in [0.5, 0.6) is 0 Å². The summed E-state index contributed by atoms with van der Waals surface area (Å²) in [6.45, 7) is 8.98. The number of likely N-dealkylation sites (N-methyl/N-ethyl adjacent to an activating group) is 1. The first-order chi connectivity index (χ1) is 9.44. The maximum atomic E-state index is 11.4. The molecular formula is C15H30N2O3. The van der Waals surface area contributed by atoms with E-state index in [0.717, 1.165) is 19.0 Å². The molecule has 118 valence electrons. The number of nitrogens with zero attached hydrogens (tertiary/aromatic N) is 1. The maximum Gasteiger partial charge on any atom is 0.323 e. The number of methoxy groups -OCH3 is 1. The van der Waals surface area contributed by atoms with E-state index in [1.165, 1.54) is 12.8 Å². The Morgan fingerprint density at radius 2 is 2.15 bits per heavy atom. The standard InChI is InChI=1S/C15H30N2O3/c1-5-16-15(3,14(18)19)8-9-17(10-11-20-4)12(2)13-6-7-13/h12-13,16H,5-11H2,1-4H3,(H,18,19). The second-order valence-corrected chi connectivity index (χ2v) is 6.02. The lowest BCUT2D eigenvalue weighted by Crippen LogP contribution is -2.52. The molecule has 0 radical (unpaired) electrons. The van der Waals surface area contributed by atoms with Crippen molar-refractivity contribution in [2.45, 2.75) is 51.6 Å². The molecule has 1 fully saturated rings. The van der Waals surface area contributed by atoms with Crippen LogP contribution in [0.2, 0.25) is 0 Å². The molecule has 1 aliphatic rings. The molecule has 2 unspecified atom stereocenters. The Labute approximate surface area is 122 Å². The summed E-state index contributed by atoms with van der Waals surface area (Å²) in [7, 11) is 1.71. The van der Waals surface area contributed by atoms with Crippen LogP contribution in [-0.4, -0.2) is 60.9 Å². The quantitative estimate of drug-likeness (QED) is 0.604. The first-order valence-corrected chi connectivity index (χ1v) is 7.66. The van der Waals surface area contributed by atoms with Crippen molar-refractivity contribution in [3.8, 4) is 0 Å². The molecule has 0 bridgehead atoms. The number of ether oxygens (including phenoxy) is 1. The molecule has 0 aromatic carbocycles. The summed E-state index contributed by atoms with van der Waals surface area (Å²) in [5.74, 6) is 0.00666. The lowest BCUT2D eigenvalue weighted by atomic mass is 9.97. The average Bonchev–Trinajstić information content (AvgIpc) is 3.22. The van der Waals surface area contributed by atoms with E-state index in [1.807, 2.05) is 6.92 Å². The lowest BCUT2D eigenvalue weighted by molar-refractivity contribution is -0.144. The average molecular weight is 286 g/mol. The van der Waals surface area contributed by atoms with Crippen molar-refractivity contribution >= 4 is 5.97 Å². The molecule has 1 rings (SSSR count). The van der Waals surface area contributed by atoms with E-state index in [0.29, 0.717) is 25.6 Å². The minimum absolute atomic E-state index is 0.518. The van der Waals surface area contributed by atoms with Gasteiger partial charge in [0, 0.05) is 26.2 Å². The Morgan fingerprint density at radius 1 is 1.50 bits per heavy atom. The fourth-order valence-electron chi connectivity index (χ4n) is 2.63. The van der Waals surface area contributed by atoms with Crippen LogP contribution >= 0.6 is 0 Å². The minimum atomic E-state index is -0.844. The van der Waals surface area contributed by atoms with E-state index < -0.39 is 11.5 Å². The summed E-state index contributed by atoms with van der Waals surface area (Å²) in [6.07, 6.45) is 3.21. The summed E-state index contributed by atoms with van der Waals surface area (Å²) in [5.41, 5.74) is -0.844. The number of carboxylic acid groups (broad SMARTS) is 1. The summed E-state index contributed by atoms with van der Waals surface area (Å²) in [4.78, 5) is 13.8. The highest BCUT2D eigenvalue weighted by Gasteiger charge is 2.35. The number of aliphatic carboxylic acids is 1. The van der Waals surface area contributed by atoms with Gasteiger partial charge in [0.25, 0.3) is 0 Å². The molecule has 2 N–H and O–H groups in total. The van der Waals surface area contributed by atoms with Gasteiger partial charge in [-0.05, 0) is 45.6 Å². The number of nitrogens with one attached hydrogen (secondary N) is 1. The predicted molar refractivity (Wildman–Crippen MR) is 80.0 cm³/mol. The minimum Gasteiger partial charge on any atom is -0.480 e. The molecule has 20 heavy (non-hydrogen) atoms. The highest BCUT2D eigenvalue weighted by molar-refractivity contribution is 5.78. The van der Waals surface area contributed by atoms with Crippen molar-refractivity contribution in [3.63, 3.8) is 0 Å². The third-order valence-electron chi connectivity index (χ3n) is 4.40. The lowest BCUT2D eigenvalue weighted by Gasteiger charge is -2.33. The summed E-state index contributed by atoms with van der Waals surface area (Å²) >= 11 is 0. The molecule has 1 aliphatic carbocycles. The number of hydrogen-bond donors (Lipinski definition) is 2. The summed E-state index contributed by atoms with van der Waals surface area (Å²) in [6, 6.07) is 0.518. The number of carboxylic acids is 1. The van der Waals surface area contributed by atoms with Gasteiger partial charge in [0.2, 0.25) is 0 Å². The van der Waals surface area contributed by atoms with Crippen LogP contribution in [0.1, 0.15) is 40.0 Å². The molecule has 0 spiro atoms. The highest BCUT2D eigenvalue weighted by atomic mass is 16.5. The van der Waals surface area contributed by atoms with Crippen molar-refractivity contribution in [1.82, 2.24) is 10.2 Å². The molecule has 0 aromatic heterocycles. The smallest absolute Gasteiger partial charge is 0.323 e. The van der Waals surface area contributed by atoms with E-state index in [4.69, 9.17) is 4.74 Å². The van der Waals surface area contributed by atoms with Crippen LogP contribution < -0.4 is 5.32 Å². The van der Waals surface area contributed by atoms with Crippen molar-refractivity contribution in [3.05, 3.63) is 0 Å². The third kappa shape index (κ3) is 5.04. The third-order valence-corrected chi connectivity index (χ3v) is 4.40. The van der Waals surface area contributed by atoms with Crippen LogP contribution in [0.4, 0.5) is 0 Å². The Bertz CT molecular complexity index is 307. The molecule has 2 atom stereocenters. The van der Waals surface area contributed by atoms with Gasteiger partial charge in [-0.3, -0.25) is 9.69 Å². The van der Waals surface area contributed by atoms with Crippen molar-refractivity contribution in [2.24, 2.45) is 5.92 Å². The second kappa shape index (κ2) is 7.96. The molecule has 0 aliphatic heterocycles. The van der Waals surface area contributed by atoms with E-state index in [-0.39, 0.29) is 0 Å².